The monoisotopic (exact) mass is 314 g/mol. The zero-order valence-electron chi connectivity index (χ0n) is 12.4. The summed E-state index contributed by atoms with van der Waals surface area (Å²) >= 11 is 0. The maximum atomic E-state index is 12.5. The van der Waals surface area contributed by atoms with Crippen molar-refractivity contribution in [3.8, 4) is 0 Å². The van der Waals surface area contributed by atoms with E-state index in [1.54, 1.807) is 6.92 Å². The molecule has 0 unspecified atom stereocenters. The van der Waals surface area contributed by atoms with Gasteiger partial charge in [0.1, 0.15) is 10.6 Å². The number of hydrogen-bond donors (Lipinski definition) is 2. The molecule has 0 radical (unpaired) electrons. The molecule has 0 spiro atoms. The van der Waals surface area contributed by atoms with Crippen LogP contribution in [-0.2, 0) is 16.6 Å². The average molecular weight is 314 g/mol. The molecule has 1 saturated carbocycles. The number of carbonyl (C=O) groups is 1. The number of hydrogen-bond acceptors (Lipinski definition) is 3. The van der Waals surface area contributed by atoms with Crippen molar-refractivity contribution >= 4 is 16.0 Å². The summed E-state index contributed by atoms with van der Waals surface area (Å²) in [5.41, 5.74) is -0.443. The molecule has 2 rings (SSSR count). The number of aromatic nitrogens is 1. The summed E-state index contributed by atoms with van der Waals surface area (Å²) in [6.07, 6.45) is 6.16. The molecular weight excluding hydrogens is 292 g/mol. The maximum Gasteiger partial charge on any atom is 0.352 e. The topological polar surface area (TPSA) is 88.4 Å². The fourth-order valence-corrected chi connectivity index (χ4v) is 4.39. The molecule has 0 bridgehead atoms. The lowest BCUT2D eigenvalue weighted by atomic mass is 9.84. The Balaban J connectivity index is 2.29. The van der Waals surface area contributed by atoms with Crippen molar-refractivity contribution in [2.45, 2.75) is 62.9 Å². The molecule has 0 amide bonds. The summed E-state index contributed by atoms with van der Waals surface area (Å²) in [5, 5.41) is 9.11. The molecule has 21 heavy (non-hydrogen) atoms. The predicted molar refractivity (Wildman–Crippen MR) is 78.9 cm³/mol. The average Bonchev–Trinajstić information content (AvgIpc) is 2.83. The Morgan fingerprint density at radius 1 is 1.38 bits per heavy atom. The second kappa shape index (κ2) is 5.81. The van der Waals surface area contributed by atoms with Crippen LogP contribution in [0.15, 0.2) is 17.2 Å². The van der Waals surface area contributed by atoms with Gasteiger partial charge in [0.25, 0.3) is 0 Å². The first-order valence-electron chi connectivity index (χ1n) is 7.25. The molecule has 0 atom stereocenters. The molecule has 0 aliphatic heterocycles. The summed E-state index contributed by atoms with van der Waals surface area (Å²) in [6.45, 7) is 4.10. The van der Waals surface area contributed by atoms with Gasteiger partial charge in [-0.05, 0) is 32.8 Å². The van der Waals surface area contributed by atoms with Gasteiger partial charge in [-0.15, -0.1) is 0 Å². The number of aromatic carboxylic acids is 1. The van der Waals surface area contributed by atoms with Gasteiger partial charge in [0.15, 0.2) is 0 Å². The van der Waals surface area contributed by atoms with E-state index in [-0.39, 0.29) is 10.6 Å². The van der Waals surface area contributed by atoms with Gasteiger partial charge in [-0.2, -0.15) is 0 Å². The van der Waals surface area contributed by atoms with Gasteiger partial charge >= 0.3 is 5.97 Å². The minimum atomic E-state index is -3.70. The summed E-state index contributed by atoms with van der Waals surface area (Å²) < 4.78 is 29.2. The second-order valence-corrected chi connectivity index (χ2v) is 7.56. The van der Waals surface area contributed by atoms with E-state index in [0.29, 0.717) is 6.54 Å². The van der Waals surface area contributed by atoms with E-state index in [1.807, 2.05) is 6.92 Å². The van der Waals surface area contributed by atoms with Crippen LogP contribution in [0.5, 0.6) is 0 Å². The van der Waals surface area contributed by atoms with E-state index in [1.165, 1.54) is 16.8 Å². The lowest BCUT2D eigenvalue weighted by Gasteiger charge is -2.33. The van der Waals surface area contributed by atoms with Crippen molar-refractivity contribution < 1.29 is 18.3 Å². The van der Waals surface area contributed by atoms with Crippen LogP contribution in [0, 0.1) is 0 Å². The number of nitrogens with zero attached hydrogens (tertiary/aromatic N) is 1. The molecule has 1 aliphatic rings. The van der Waals surface area contributed by atoms with Crippen molar-refractivity contribution in [3.63, 3.8) is 0 Å². The Morgan fingerprint density at radius 3 is 2.48 bits per heavy atom. The van der Waals surface area contributed by atoms with Crippen molar-refractivity contribution in [2.75, 3.05) is 0 Å². The predicted octanol–water partition coefficient (Wildman–Crippen LogP) is 2.21. The third kappa shape index (κ3) is 3.47. The lowest BCUT2D eigenvalue weighted by Crippen LogP contribution is -2.46. The fraction of sp³-hybridized carbons (Fsp3) is 0.643. The molecule has 1 heterocycles. The Hall–Kier alpha value is -1.34. The highest BCUT2D eigenvalue weighted by Crippen LogP contribution is 2.29. The van der Waals surface area contributed by atoms with Gasteiger partial charge < -0.3 is 9.67 Å². The smallest absolute Gasteiger partial charge is 0.352 e. The van der Waals surface area contributed by atoms with Gasteiger partial charge in [-0.25, -0.2) is 17.9 Å². The van der Waals surface area contributed by atoms with Crippen molar-refractivity contribution in [1.29, 1.82) is 0 Å². The molecule has 1 fully saturated rings. The number of carboxylic acids is 1. The molecule has 0 aromatic carbocycles. The molecule has 0 saturated heterocycles. The van der Waals surface area contributed by atoms with Crippen molar-refractivity contribution in [1.82, 2.24) is 9.29 Å². The largest absolute Gasteiger partial charge is 0.477 e. The van der Waals surface area contributed by atoms with Crippen molar-refractivity contribution in [2.24, 2.45) is 0 Å². The summed E-state index contributed by atoms with van der Waals surface area (Å²) in [4.78, 5) is 11.2. The number of carboxylic acid groups (broad SMARTS) is 1. The maximum absolute atomic E-state index is 12.5. The zero-order valence-corrected chi connectivity index (χ0v) is 13.2. The van der Waals surface area contributed by atoms with Crippen LogP contribution in [0.25, 0.3) is 0 Å². The van der Waals surface area contributed by atoms with E-state index < -0.39 is 21.5 Å². The molecule has 7 heteroatoms. The van der Waals surface area contributed by atoms with Gasteiger partial charge in [0, 0.05) is 18.3 Å². The van der Waals surface area contributed by atoms with Crippen LogP contribution < -0.4 is 4.72 Å². The number of rotatable bonds is 5. The van der Waals surface area contributed by atoms with Gasteiger partial charge in [-0.1, -0.05) is 19.3 Å². The SMILES string of the molecule is CCn1cc(S(=O)(=O)NC2(C)CCCCC2)cc1C(=O)O. The third-order valence-corrected chi connectivity index (χ3v) is 5.68. The molecule has 2 N–H and O–H groups in total. The Labute approximate surface area is 125 Å². The Bertz CT molecular complexity index is 627. The van der Waals surface area contributed by atoms with E-state index in [4.69, 9.17) is 5.11 Å². The lowest BCUT2D eigenvalue weighted by molar-refractivity contribution is 0.0685. The molecule has 1 aromatic heterocycles. The number of aryl methyl sites for hydroxylation is 1. The minimum Gasteiger partial charge on any atom is -0.477 e. The molecular formula is C14H22N2O4S. The standard InChI is InChI=1S/C14H22N2O4S/c1-3-16-10-11(9-12(16)13(17)18)21(19,20)15-14(2)7-5-4-6-8-14/h9-10,15H,3-8H2,1-2H3,(H,17,18). The molecule has 1 aromatic rings. The minimum absolute atomic E-state index is 0.00771. The van der Waals surface area contributed by atoms with Gasteiger partial charge in [0.2, 0.25) is 10.0 Å². The summed E-state index contributed by atoms with van der Waals surface area (Å²) in [7, 11) is -3.70. The molecule has 6 nitrogen and oxygen atoms in total. The molecule has 1 aliphatic carbocycles. The van der Waals surface area contributed by atoms with E-state index >= 15 is 0 Å². The second-order valence-electron chi connectivity index (χ2n) is 5.88. The normalized spacial score (nSPS) is 18.6. The van der Waals surface area contributed by atoms with Crippen LogP contribution in [0.2, 0.25) is 0 Å². The van der Waals surface area contributed by atoms with Gasteiger partial charge in [0.05, 0.1) is 0 Å². The highest BCUT2D eigenvalue weighted by atomic mass is 32.2. The quantitative estimate of drug-likeness (QED) is 0.872. The summed E-state index contributed by atoms with van der Waals surface area (Å²) in [6, 6.07) is 1.22. The van der Waals surface area contributed by atoms with Crippen molar-refractivity contribution in [3.05, 3.63) is 18.0 Å². The van der Waals surface area contributed by atoms with Crippen LogP contribution in [0.1, 0.15) is 56.4 Å². The van der Waals surface area contributed by atoms with Crippen LogP contribution in [0.4, 0.5) is 0 Å². The fourth-order valence-electron chi connectivity index (χ4n) is 2.89. The highest BCUT2D eigenvalue weighted by molar-refractivity contribution is 7.89. The first kappa shape index (κ1) is 16.0. The summed E-state index contributed by atoms with van der Waals surface area (Å²) in [5.74, 6) is -1.12. The zero-order chi connectivity index (χ0) is 15.7. The van der Waals surface area contributed by atoms with Crippen LogP contribution in [-0.4, -0.2) is 29.6 Å². The Morgan fingerprint density at radius 2 is 2.00 bits per heavy atom. The Kier molecular flexibility index (Phi) is 4.43. The van der Waals surface area contributed by atoms with Crippen LogP contribution in [0.3, 0.4) is 0 Å². The number of sulfonamides is 1. The third-order valence-electron chi connectivity index (χ3n) is 4.08. The van der Waals surface area contributed by atoms with Gasteiger partial charge in [-0.3, -0.25) is 0 Å². The highest BCUT2D eigenvalue weighted by Gasteiger charge is 2.33. The first-order chi connectivity index (χ1) is 9.77. The first-order valence-corrected chi connectivity index (χ1v) is 8.73. The van der Waals surface area contributed by atoms with E-state index in [9.17, 15) is 13.2 Å². The number of nitrogens with one attached hydrogen (secondary N) is 1. The van der Waals surface area contributed by atoms with E-state index in [0.717, 1.165) is 32.1 Å². The van der Waals surface area contributed by atoms with Crippen LogP contribution >= 0.6 is 0 Å². The van der Waals surface area contributed by atoms with E-state index in [2.05, 4.69) is 4.72 Å². The molecule has 118 valence electrons.